The molecule has 3 heterocycles. The smallest absolute Gasteiger partial charge is 0.171 e. The van der Waals surface area contributed by atoms with Crippen LogP contribution in [0.3, 0.4) is 0 Å². The number of nitrogens with two attached hydrogens (primary N) is 1. The molecule has 0 amide bonds. The van der Waals surface area contributed by atoms with E-state index in [4.69, 9.17) is 10.5 Å². The fourth-order valence-electron chi connectivity index (χ4n) is 3.47. The number of nitrogens with zero attached hydrogens (tertiary/aromatic N) is 2. The van der Waals surface area contributed by atoms with Gasteiger partial charge in [0.1, 0.15) is 0 Å². The van der Waals surface area contributed by atoms with Crippen LogP contribution in [0.15, 0.2) is 18.3 Å². The normalized spacial score (nSPS) is 29.6. The Morgan fingerprint density at radius 3 is 2.79 bits per heavy atom. The molecule has 1 aromatic heterocycles. The van der Waals surface area contributed by atoms with Gasteiger partial charge in [-0.3, -0.25) is 0 Å². The van der Waals surface area contributed by atoms with Crippen LogP contribution in [0, 0.1) is 0 Å². The van der Waals surface area contributed by atoms with Crippen LogP contribution >= 0.6 is 0 Å². The van der Waals surface area contributed by atoms with E-state index < -0.39 is 0 Å². The lowest BCUT2D eigenvalue weighted by Gasteiger charge is -2.39. The van der Waals surface area contributed by atoms with Crippen LogP contribution in [-0.2, 0) is 0 Å². The van der Waals surface area contributed by atoms with Gasteiger partial charge in [0.25, 0.3) is 0 Å². The standard InChI is InChI=1S/C15H23N3O/c1-2-8-19-14-4-3-7-17-15(14)18-12-5-6-13(18)10-11(16)9-12/h3-4,7,11-13H,2,5-6,8-10,16H2,1H3. The molecule has 0 spiro atoms. The molecule has 2 N–H and O–H groups in total. The molecule has 0 aromatic carbocycles. The number of ether oxygens (including phenoxy) is 1. The lowest BCUT2D eigenvalue weighted by Crippen LogP contribution is -2.48. The van der Waals surface area contributed by atoms with E-state index in [0.29, 0.717) is 18.1 Å². The monoisotopic (exact) mass is 261 g/mol. The molecule has 2 unspecified atom stereocenters. The fourth-order valence-corrected chi connectivity index (χ4v) is 3.47. The summed E-state index contributed by atoms with van der Waals surface area (Å²) in [5, 5.41) is 0. The number of hydrogen-bond donors (Lipinski definition) is 1. The largest absolute Gasteiger partial charge is 0.490 e. The Labute approximate surface area is 115 Å². The minimum absolute atomic E-state index is 0.359. The lowest BCUT2D eigenvalue weighted by molar-refractivity contribution is 0.312. The predicted octanol–water partition coefficient (Wildman–Crippen LogP) is 2.33. The first-order valence-electron chi connectivity index (χ1n) is 7.41. The van der Waals surface area contributed by atoms with Crippen LogP contribution in [0.5, 0.6) is 5.75 Å². The van der Waals surface area contributed by atoms with Crippen molar-refractivity contribution in [1.29, 1.82) is 0 Å². The third-order valence-electron chi connectivity index (χ3n) is 4.23. The highest BCUT2D eigenvalue weighted by Gasteiger charge is 2.41. The SMILES string of the molecule is CCCOc1cccnc1N1C2CCC1CC(N)C2. The van der Waals surface area contributed by atoms with Gasteiger partial charge in [-0.05, 0) is 44.2 Å². The number of hydrogen-bond acceptors (Lipinski definition) is 4. The molecule has 0 aliphatic carbocycles. The first-order valence-corrected chi connectivity index (χ1v) is 7.41. The molecular formula is C15H23N3O. The summed E-state index contributed by atoms with van der Waals surface area (Å²) >= 11 is 0. The van der Waals surface area contributed by atoms with E-state index in [-0.39, 0.29) is 0 Å². The number of fused-ring (bicyclic) bond motifs is 2. The van der Waals surface area contributed by atoms with Crippen molar-refractivity contribution in [2.24, 2.45) is 5.73 Å². The van der Waals surface area contributed by atoms with Gasteiger partial charge in [-0.2, -0.15) is 0 Å². The molecule has 3 rings (SSSR count). The maximum absolute atomic E-state index is 6.14. The molecule has 2 aliphatic heterocycles. The van der Waals surface area contributed by atoms with Gasteiger partial charge in [-0.15, -0.1) is 0 Å². The first kappa shape index (κ1) is 12.7. The highest BCUT2D eigenvalue weighted by atomic mass is 16.5. The molecule has 0 saturated carbocycles. The second-order valence-corrected chi connectivity index (χ2v) is 5.70. The van der Waals surface area contributed by atoms with E-state index in [1.807, 2.05) is 18.3 Å². The molecule has 0 radical (unpaired) electrons. The summed E-state index contributed by atoms with van der Waals surface area (Å²) in [6, 6.07) is 5.44. The summed E-state index contributed by atoms with van der Waals surface area (Å²) in [6.07, 6.45) is 7.53. The van der Waals surface area contributed by atoms with Crippen molar-refractivity contribution < 1.29 is 4.74 Å². The van der Waals surface area contributed by atoms with Gasteiger partial charge < -0.3 is 15.4 Å². The van der Waals surface area contributed by atoms with E-state index in [9.17, 15) is 0 Å². The van der Waals surface area contributed by atoms with E-state index in [2.05, 4.69) is 16.8 Å². The van der Waals surface area contributed by atoms with Crippen molar-refractivity contribution in [2.75, 3.05) is 11.5 Å². The molecule has 2 bridgehead atoms. The Balaban J connectivity index is 1.86. The van der Waals surface area contributed by atoms with Crippen LogP contribution in [0.2, 0.25) is 0 Å². The van der Waals surface area contributed by atoms with Gasteiger partial charge in [0.05, 0.1) is 6.61 Å². The maximum Gasteiger partial charge on any atom is 0.171 e. The summed E-state index contributed by atoms with van der Waals surface area (Å²) in [5.41, 5.74) is 6.14. The molecule has 2 atom stereocenters. The van der Waals surface area contributed by atoms with Crippen molar-refractivity contribution in [3.63, 3.8) is 0 Å². The molecular weight excluding hydrogens is 238 g/mol. The zero-order chi connectivity index (χ0) is 13.2. The van der Waals surface area contributed by atoms with Crippen molar-refractivity contribution >= 4 is 5.82 Å². The van der Waals surface area contributed by atoms with E-state index >= 15 is 0 Å². The highest BCUT2D eigenvalue weighted by molar-refractivity contribution is 5.55. The Kier molecular flexibility index (Phi) is 3.60. The van der Waals surface area contributed by atoms with Gasteiger partial charge in [0.2, 0.25) is 0 Å². The van der Waals surface area contributed by atoms with E-state index in [1.54, 1.807) is 0 Å². The number of pyridine rings is 1. The second-order valence-electron chi connectivity index (χ2n) is 5.70. The molecule has 4 heteroatoms. The maximum atomic E-state index is 6.14. The van der Waals surface area contributed by atoms with Gasteiger partial charge in [-0.1, -0.05) is 6.92 Å². The average Bonchev–Trinajstić information content (AvgIpc) is 2.68. The fraction of sp³-hybridized carbons (Fsp3) is 0.667. The number of rotatable bonds is 4. The molecule has 19 heavy (non-hydrogen) atoms. The summed E-state index contributed by atoms with van der Waals surface area (Å²) in [4.78, 5) is 7.05. The van der Waals surface area contributed by atoms with Gasteiger partial charge in [0, 0.05) is 24.3 Å². The summed E-state index contributed by atoms with van der Waals surface area (Å²) in [5.74, 6) is 1.95. The van der Waals surface area contributed by atoms with Crippen molar-refractivity contribution in [3.05, 3.63) is 18.3 Å². The Morgan fingerprint density at radius 2 is 2.11 bits per heavy atom. The van der Waals surface area contributed by atoms with Crippen molar-refractivity contribution in [1.82, 2.24) is 4.98 Å². The molecule has 2 aliphatic rings. The minimum Gasteiger partial charge on any atom is -0.490 e. The zero-order valence-electron chi connectivity index (χ0n) is 11.6. The van der Waals surface area contributed by atoms with Crippen LogP contribution < -0.4 is 15.4 Å². The van der Waals surface area contributed by atoms with E-state index in [1.165, 1.54) is 12.8 Å². The predicted molar refractivity (Wildman–Crippen MR) is 76.5 cm³/mol. The molecule has 104 valence electrons. The first-order chi connectivity index (χ1) is 9.29. The van der Waals surface area contributed by atoms with Crippen LogP contribution in [0.1, 0.15) is 39.0 Å². The van der Waals surface area contributed by atoms with Crippen LogP contribution in [0.4, 0.5) is 5.82 Å². The Morgan fingerprint density at radius 1 is 1.37 bits per heavy atom. The van der Waals surface area contributed by atoms with Gasteiger partial charge >= 0.3 is 0 Å². The molecule has 2 fully saturated rings. The summed E-state index contributed by atoms with van der Waals surface area (Å²) in [7, 11) is 0. The van der Waals surface area contributed by atoms with Crippen LogP contribution in [-0.4, -0.2) is 29.7 Å². The quantitative estimate of drug-likeness (QED) is 0.903. The Bertz CT molecular complexity index is 423. The number of anilines is 1. The number of aromatic nitrogens is 1. The zero-order valence-corrected chi connectivity index (χ0v) is 11.6. The molecule has 1 aromatic rings. The topological polar surface area (TPSA) is 51.4 Å². The summed E-state index contributed by atoms with van der Waals surface area (Å²) < 4.78 is 5.86. The third-order valence-corrected chi connectivity index (χ3v) is 4.23. The van der Waals surface area contributed by atoms with Gasteiger partial charge in [-0.25, -0.2) is 4.98 Å². The Hall–Kier alpha value is -1.29. The van der Waals surface area contributed by atoms with Crippen molar-refractivity contribution in [2.45, 2.75) is 57.2 Å². The molecule has 4 nitrogen and oxygen atoms in total. The average molecular weight is 261 g/mol. The van der Waals surface area contributed by atoms with Gasteiger partial charge in [0.15, 0.2) is 11.6 Å². The highest BCUT2D eigenvalue weighted by Crippen LogP contribution is 2.41. The lowest BCUT2D eigenvalue weighted by atomic mass is 9.98. The second kappa shape index (κ2) is 5.37. The van der Waals surface area contributed by atoms with Crippen molar-refractivity contribution in [3.8, 4) is 5.75 Å². The minimum atomic E-state index is 0.359. The third kappa shape index (κ3) is 2.41. The van der Waals surface area contributed by atoms with E-state index in [0.717, 1.165) is 37.4 Å². The van der Waals surface area contributed by atoms with Crippen LogP contribution in [0.25, 0.3) is 0 Å². The molecule has 2 saturated heterocycles. The summed E-state index contributed by atoms with van der Waals surface area (Å²) in [6.45, 7) is 2.88. The number of piperidine rings is 1.